The molecule has 4 heteroatoms. The number of ether oxygens (including phenoxy) is 1. The van der Waals surface area contributed by atoms with Gasteiger partial charge in [-0.3, -0.25) is 0 Å². The van der Waals surface area contributed by atoms with Gasteiger partial charge >= 0.3 is 0 Å². The first kappa shape index (κ1) is 15.9. The standard InChI is InChI=1S/C21H23N3O/c1-25-19-9-7-17(8-10-19)21-15-20(16-11-13-22-14-12-16)23-24(21)18-5-3-2-4-6-18/h2-10,15-16,22H,11-14H2,1H3. The van der Waals surface area contributed by atoms with Crippen molar-refractivity contribution in [1.29, 1.82) is 0 Å². The lowest BCUT2D eigenvalue weighted by atomic mass is 9.94. The first-order valence-corrected chi connectivity index (χ1v) is 8.85. The Labute approximate surface area is 148 Å². The zero-order valence-electron chi connectivity index (χ0n) is 14.5. The Balaban J connectivity index is 1.78. The molecule has 0 radical (unpaired) electrons. The molecule has 0 atom stereocenters. The highest BCUT2D eigenvalue weighted by Crippen LogP contribution is 2.31. The van der Waals surface area contributed by atoms with E-state index in [0.717, 1.165) is 48.6 Å². The van der Waals surface area contributed by atoms with Gasteiger partial charge in [-0.25, -0.2) is 4.68 Å². The van der Waals surface area contributed by atoms with Gasteiger partial charge in [-0.2, -0.15) is 5.10 Å². The Morgan fingerprint density at radius 2 is 1.72 bits per heavy atom. The highest BCUT2D eigenvalue weighted by atomic mass is 16.5. The molecule has 2 heterocycles. The maximum absolute atomic E-state index is 5.29. The number of nitrogens with one attached hydrogen (secondary N) is 1. The molecule has 0 saturated carbocycles. The van der Waals surface area contributed by atoms with Gasteiger partial charge in [0.05, 0.1) is 24.2 Å². The van der Waals surface area contributed by atoms with Gasteiger partial charge in [-0.05, 0) is 68.4 Å². The summed E-state index contributed by atoms with van der Waals surface area (Å²) in [6, 6.07) is 20.8. The fourth-order valence-corrected chi connectivity index (χ4v) is 3.45. The minimum atomic E-state index is 0.531. The molecular formula is C21H23N3O. The number of hydrogen-bond acceptors (Lipinski definition) is 3. The number of hydrogen-bond donors (Lipinski definition) is 1. The zero-order chi connectivity index (χ0) is 17.1. The molecule has 128 valence electrons. The first-order chi connectivity index (χ1) is 12.3. The Hall–Kier alpha value is -2.59. The van der Waals surface area contributed by atoms with Gasteiger partial charge in [0.15, 0.2) is 0 Å². The Kier molecular flexibility index (Phi) is 4.53. The highest BCUT2D eigenvalue weighted by molar-refractivity contribution is 5.63. The van der Waals surface area contributed by atoms with E-state index >= 15 is 0 Å². The molecule has 0 amide bonds. The normalized spacial score (nSPS) is 15.2. The average molecular weight is 333 g/mol. The third-order valence-corrected chi connectivity index (χ3v) is 4.87. The van der Waals surface area contributed by atoms with Crippen molar-refractivity contribution in [2.24, 2.45) is 0 Å². The van der Waals surface area contributed by atoms with E-state index in [0.29, 0.717) is 5.92 Å². The van der Waals surface area contributed by atoms with Gasteiger partial charge in [0.25, 0.3) is 0 Å². The van der Waals surface area contributed by atoms with Crippen LogP contribution in [-0.4, -0.2) is 30.0 Å². The number of para-hydroxylation sites is 1. The number of methoxy groups -OCH3 is 1. The predicted octanol–water partition coefficient (Wildman–Crippen LogP) is 4.01. The van der Waals surface area contributed by atoms with E-state index in [9.17, 15) is 0 Å². The molecule has 1 N–H and O–H groups in total. The molecule has 1 aliphatic rings. The summed E-state index contributed by atoms with van der Waals surface area (Å²) in [6.45, 7) is 2.14. The van der Waals surface area contributed by atoms with E-state index < -0.39 is 0 Å². The number of piperidine rings is 1. The lowest BCUT2D eigenvalue weighted by molar-refractivity contribution is 0.415. The van der Waals surface area contributed by atoms with Crippen LogP contribution in [0, 0.1) is 0 Å². The van der Waals surface area contributed by atoms with Gasteiger partial charge in [-0.1, -0.05) is 18.2 Å². The Morgan fingerprint density at radius 3 is 2.40 bits per heavy atom. The monoisotopic (exact) mass is 333 g/mol. The summed E-state index contributed by atoms with van der Waals surface area (Å²) < 4.78 is 7.36. The van der Waals surface area contributed by atoms with E-state index in [-0.39, 0.29) is 0 Å². The summed E-state index contributed by atoms with van der Waals surface area (Å²) >= 11 is 0. The molecule has 2 aromatic carbocycles. The fourth-order valence-electron chi connectivity index (χ4n) is 3.45. The van der Waals surface area contributed by atoms with E-state index in [4.69, 9.17) is 9.84 Å². The number of benzene rings is 2. The molecule has 1 fully saturated rings. The molecule has 1 saturated heterocycles. The topological polar surface area (TPSA) is 39.1 Å². The smallest absolute Gasteiger partial charge is 0.118 e. The SMILES string of the molecule is COc1ccc(-c2cc(C3CCNCC3)nn2-c2ccccc2)cc1. The molecule has 0 aliphatic carbocycles. The van der Waals surface area contributed by atoms with Crippen LogP contribution in [0.25, 0.3) is 16.9 Å². The number of rotatable bonds is 4. The van der Waals surface area contributed by atoms with Gasteiger partial charge in [0.1, 0.15) is 5.75 Å². The van der Waals surface area contributed by atoms with Gasteiger partial charge in [0, 0.05) is 11.5 Å². The van der Waals surface area contributed by atoms with Crippen LogP contribution in [0.1, 0.15) is 24.5 Å². The molecule has 25 heavy (non-hydrogen) atoms. The molecule has 0 bridgehead atoms. The summed E-state index contributed by atoms with van der Waals surface area (Å²) in [5.74, 6) is 1.40. The lowest BCUT2D eigenvalue weighted by Gasteiger charge is -2.20. The molecule has 4 rings (SSSR count). The summed E-state index contributed by atoms with van der Waals surface area (Å²) in [6.07, 6.45) is 2.29. The van der Waals surface area contributed by atoms with Crippen molar-refractivity contribution in [3.05, 3.63) is 66.4 Å². The van der Waals surface area contributed by atoms with Crippen LogP contribution < -0.4 is 10.1 Å². The Morgan fingerprint density at radius 1 is 1.00 bits per heavy atom. The summed E-state index contributed by atoms with van der Waals surface area (Å²) in [4.78, 5) is 0. The molecular weight excluding hydrogens is 310 g/mol. The quantitative estimate of drug-likeness (QED) is 0.784. The van der Waals surface area contributed by atoms with Crippen LogP contribution in [-0.2, 0) is 0 Å². The molecule has 1 aromatic heterocycles. The van der Waals surface area contributed by atoms with Crippen LogP contribution in [0.4, 0.5) is 0 Å². The minimum Gasteiger partial charge on any atom is -0.497 e. The van der Waals surface area contributed by atoms with Crippen LogP contribution in [0.2, 0.25) is 0 Å². The van der Waals surface area contributed by atoms with Crippen LogP contribution in [0.3, 0.4) is 0 Å². The van der Waals surface area contributed by atoms with Crippen molar-refractivity contribution in [3.8, 4) is 22.7 Å². The minimum absolute atomic E-state index is 0.531. The summed E-state index contributed by atoms with van der Waals surface area (Å²) in [5.41, 5.74) is 4.56. The molecule has 1 aliphatic heterocycles. The van der Waals surface area contributed by atoms with E-state index in [1.54, 1.807) is 7.11 Å². The van der Waals surface area contributed by atoms with Crippen molar-refractivity contribution in [1.82, 2.24) is 15.1 Å². The zero-order valence-corrected chi connectivity index (χ0v) is 14.5. The largest absolute Gasteiger partial charge is 0.497 e. The number of nitrogens with zero attached hydrogens (tertiary/aromatic N) is 2. The first-order valence-electron chi connectivity index (χ1n) is 8.85. The molecule has 3 aromatic rings. The predicted molar refractivity (Wildman–Crippen MR) is 100 cm³/mol. The van der Waals surface area contributed by atoms with E-state index in [2.05, 4.69) is 52.5 Å². The summed E-state index contributed by atoms with van der Waals surface area (Å²) in [7, 11) is 1.69. The number of aromatic nitrogens is 2. The lowest BCUT2D eigenvalue weighted by Crippen LogP contribution is -2.26. The third-order valence-electron chi connectivity index (χ3n) is 4.87. The molecule has 0 unspecified atom stereocenters. The van der Waals surface area contributed by atoms with E-state index in [1.807, 2.05) is 18.2 Å². The third kappa shape index (κ3) is 3.30. The van der Waals surface area contributed by atoms with Crippen molar-refractivity contribution < 1.29 is 4.74 Å². The van der Waals surface area contributed by atoms with Crippen molar-refractivity contribution in [3.63, 3.8) is 0 Å². The Bertz CT molecular complexity index is 818. The van der Waals surface area contributed by atoms with Gasteiger partial charge in [-0.15, -0.1) is 0 Å². The maximum Gasteiger partial charge on any atom is 0.118 e. The second-order valence-electron chi connectivity index (χ2n) is 6.45. The van der Waals surface area contributed by atoms with Crippen LogP contribution >= 0.6 is 0 Å². The van der Waals surface area contributed by atoms with Crippen molar-refractivity contribution in [2.45, 2.75) is 18.8 Å². The van der Waals surface area contributed by atoms with Gasteiger partial charge < -0.3 is 10.1 Å². The molecule has 4 nitrogen and oxygen atoms in total. The highest BCUT2D eigenvalue weighted by Gasteiger charge is 2.21. The fraction of sp³-hybridized carbons (Fsp3) is 0.286. The average Bonchev–Trinajstić information content (AvgIpc) is 3.15. The maximum atomic E-state index is 5.29. The second kappa shape index (κ2) is 7.11. The van der Waals surface area contributed by atoms with Crippen molar-refractivity contribution in [2.75, 3.05) is 20.2 Å². The molecule has 0 spiro atoms. The van der Waals surface area contributed by atoms with E-state index in [1.165, 1.54) is 5.69 Å². The van der Waals surface area contributed by atoms with Gasteiger partial charge in [0.2, 0.25) is 0 Å². The van der Waals surface area contributed by atoms with Crippen LogP contribution in [0.15, 0.2) is 60.7 Å². The van der Waals surface area contributed by atoms with Crippen molar-refractivity contribution >= 4 is 0 Å². The second-order valence-corrected chi connectivity index (χ2v) is 6.45. The van der Waals surface area contributed by atoms with Crippen LogP contribution in [0.5, 0.6) is 5.75 Å². The summed E-state index contributed by atoms with van der Waals surface area (Å²) in [5, 5.41) is 8.41.